The molecule has 0 spiro atoms. The summed E-state index contributed by atoms with van der Waals surface area (Å²) in [6.45, 7) is 8.99. The summed E-state index contributed by atoms with van der Waals surface area (Å²) >= 11 is 0. The molecular weight excluding hydrogens is 234 g/mol. The fourth-order valence-corrected chi connectivity index (χ4v) is 2.80. The lowest BCUT2D eigenvalue weighted by Crippen LogP contribution is -2.49. The van der Waals surface area contributed by atoms with Crippen LogP contribution in [0.5, 0.6) is 0 Å². The van der Waals surface area contributed by atoms with Crippen LogP contribution in [0.15, 0.2) is 30.3 Å². The lowest BCUT2D eigenvalue weighted by Gasteiger charge is -2.38. The van der Waals surface area contributed by atoms with Crippen molar-refractivity contribution in [1.29, 1.82) is 0 Å². The van der Waals surface area contributed by atoms with Crippen molar-refractivity contribution in [3.63, 3.8) is 0 Å². The van der Waals surface area contributed by atoms with Gasteiger partial charge in [-0.3, -0.25) is 9.80 Å². The molecule has 1 unspecified atom stereocenters. The second-order valence-corrected chi connectivity index (χ2v) is 5.58. The molecule has 1 atom stereocenters. The Hall–Kier alpha value is -0.900. The summed E-state index contributed by atoms with van der Waals surface area (Å²) < 4.78 is 0. The molecule has 1 saturated heterocycles. The standard InChI is InChI=1S/C16H27N3/c1-15(6-5-9-17)19-12-10-18(11-13-19)14-16-7-3-2-4-8-16/h2-4,7-8,15H,5-6,9-14,17H2,1H3. The highest BCUT2D eigenvalue weighted by molar-refractivity contribution is 5.14. The second-order valence-electron chi connectivity index (χ2n) is 5.58. The third kappa shape index (κ3) is 4.60. The molecule has 1 aromatic rings. The van der Waals surface area contributed by atoms with E-state index in [2.05, 4.69) is 47.1 Å². The fraction of sp³-hybridized carbons (Fsp3) is 0.625. The van der Waals surface area contributed by atoms with Crippen molar-refractivity contribution >= 4 is 0 Å². The Morgan fingerprint density at radius 1 is 1.11 bits per heavy atom. The maximum atomic E-state index is 5.59. The second kappa shape index (κ2) is 7.63. The fourth-order valence-electron chi connectivity index (χ4n) is 2.80. The largest absolute Gasteiger partial charge is 0.330 e. The van der Waals surface area contributed by atoms with Crippen LogP contribution in [0.3, 0.4) is 0 Å². The van der Waals surface area contributed by atoms with Crippen LogP contribution in [-0.2, 0) is 6.54 Å². The van der Waals surface area contributed by atoms with Crippen molar-refractivity contribution in [2.75, 3.05) is 32.7 Å². The molecule has 3 nitrogen and oxygen atoms in total. The molecule has 106 valence electrons. The van der Waals surface area contributed by atoms with E-state index in [1.165, 1.54) is 38.2 Å². The molecule has 2 rings (SSSR count). The van der Waals surface area contributed by atoms with Gasteiger partial charge in [0.25, 0.3) is 0 Å². The first-order valence-corrected chi connectivity index (χ1v) is 7.50. The summed E-state index contributed by atoms with van der Waals surface area (Å²) in [7, 11) is 0. The molecule has 0 aliphatic carbocycles. The first kappa shape index (κ1) is 14.5. The van der Waals surface area contributed by atoms with Gasteiger partial charge in [-0.1, -0.05) is 30.3 Å². The van der Waals surface area contributed by atoms with E-state index in [1.807, 2.05) is 0 Å². The van der Waals surface area contributed by atoms with E-state index < -0.39 is 0 Å². The smallest absolute Gasteiger partial charge is 0.0234 e. The zero-order chi connectivity index (χ0) is 13.5. The number of nitrogens with zero attached hydrogens (tertiary/aromatic N) is 2. The third-order valence-corrected chi connectivity index (χ3v) is 4.11. The van der Waals surface area contributed by atoms with Crippen LogP contribution in [0.2, 0.25) is 0 Å². The van der Waals surface area contributed by atoms with Crippen LogP contribution < -0.4 is 5.73 Å². The van der Waals surface area contributed by atoms with Gasteiger partial charge >= 0.3 is 0 Å². The first-order valence-electron chi connectivity index (χ1n) is 7.50. The van der Waals surface area contributed by atoms with Crippen LogP contribution in [0.1, 0.15) is 25.3 Å². The highest BCUT2D eigenvalue weighted by Crippen LogP contribution is 2.12. The Kier molecular flexibility index (Phi) is 5.83. The monoisotopic (exact) mass is 261 g/mol. The maximum Gasteiger partial charge on any atom is 0.0234 e. The van der Waals surface area contributed by atoms with Gasteiger partial charge in [0.2, 0.25) is 0 Å². The topological polar surface area (TPSA) is 32.5 Å². The van der Waals surface area contributed by atoms with E-state index in [-0.39, 0.29) is 0 Å². The van der Waals surface area contributed by atoms with E-state index in [0.717, 1.165) is 19.5 Å². The molecule has 0 saturated carbocycles. The molecule has 1 aromatic carbocycles. The van der Waals surface area contributed by atoms with Gasteiger partial charge in [-0.2, -0.15) is 0 Å². The molecule has 0 radical (unpaired) electrons. The molecule has 19 heavy (non-hydrogen) atoms. The lowest BCUT2D eigenvalue weighted by molar-refractivity contribution is 0.0940. The first-order chi connectivity index (χ1) is 9.29. The number of rotatable bonds is 6. The van der Waals surface area contributed by atoms with Crippen LogP contribution >= 0.6 is 0 Å². The minimum Gasteiger partial charge on any atom is -0.330 e. The van der Waals surface area contributed by atoms with E-state index in [4.69, 9.17) is 5.73 Å². The summed E-state index contributed by atoms with van der Waals surface area (Å²) in [6, 6.07) is 11.5. The highest BCUT2D eigenvalue weighted by atomic mass is 15.3. The quantitative estimate of drug-likeness (QED) is 0.849. The summed E-state index contributed by atoms with van der Waals surface area (Å²) in [4.78, 5) is 5.17. The molecule has 3 heteroatoms. The van der Waals surface area contributed by atoms with Gasteiger partial charge in [0.15, 0.2) is 0 Å². The normalized spacial score (nSPS) is 19.5. The Bertz CT molecular complexity index is 344. The summed E-state index contributed by atoms with van der Waals surface area (Å²) in [5.41, 5.74) is 7.01. The molecule has 1 fully saturated rings. The number of benzene rings is 1. The van der Waals surface area contributed by atoms with E-state index in [1.54, 1.807) is 0 Å². The number of nitrogens with two attached hydrogens (primary N) is 1. The van der Waals surface area contributed by atoms with E-state index in [0.29, 0.717) is 6.04 Å². The Labute approximate surface area is 117 Å². The predicted octanol–water partition coefficient (Wildman–Crippen LogP) is 1.93. The van der Waals surface area contributed by atoms with E-state index in [9.17, 15) is 0 Å². The van der Waals surface area contributed by atoms with Crippen molar-refractivity contribution in [3.8, 4) is 0 Å². The van der Waals surface area contributed by atoms with Gasteiger partial charge in [0.1, 0.15) is 0 Å². The number of hydrogen-bond donors (Lipinski definition) is 1. The van der Waals surface area contributed by atoms with Gasteiger partial charge in [0, 0.05) is 38.8 Å². The van der Waals surface area contributed by atoms with Crippen LogP contribution in [0, 0.1) is 0 Å². The van der Waals surface area contributed by atoms with Crippen molar-refractivity contribution in [2.45, 2.75) is 32.4 Å². The average Bonchev–Trinajstić information content (AvgIpc) is 2.46. The highest BCUT2D eigenvalue weighted by Gasteiger charge is 2.20. The Balaban J connectivity index is 1.73. The van der Waals surface area contributed by atoms with Crippen molar-refractivity contribution < 1.29 is 0 Å². The SMILES string of the molecule is CC(CCCN)N1CCN(Cc2ccccc2)CC1. The third-order valence-electron chi connectivity index (χ3n) is 4.11. The molecule has 1 aliphatic rings. The molecule has 0 aromatic heterocycles. The Morgan fingerprint density at radius 3 is 2.42 bits per heavy atom. The van der Waals surface area contributed by atoms with Crippen LogP contribution in [-0.4, -0.2) is 48.6 Å². The molecule has 1 aliphatic heterocycles. The van der Waals surface area contributed by atoms with Gasteiger partial charge in [-0.25, -0.2) is 0 Å². The molecule has 0 amide bonds. The number of piperazine rings is 1. The zero-order valence-electron chi connectivity index (χ0n) is 12.1. The number of hydrogen-bond acceptors (Lipinski definition) is 3. The summed E-state index contributed by atoms with van der Waals surface area (Å²) in [5, 5.41) is 0. The van der Waals surface area contributed by atoms with Crippen molar-refractivity contribution in [3.05, 3.63) is 35.9 Å². The van der Waals surface area contributed by atoms with Gasteiger partial charge < -0.3 is 5.73 Å². The zero-order valence-corrected chi connectivity index (χ0v) is 12.1. The van der Waals surface area contributed by atoms with Gasteiger partial charge in [-0.15, -0.1) is 0 Å². The lowest BCUT2D eigenvalue weighted by atomic mass is 10.1. The van der Waals surface area contributed by atoms with Crippen LogP contribution in [0.4, 0.5) is 0 Å². The molecular formula is C16H27N3. The molecule has 0 bridgehead atoms. The molecule has 2 N–H and O–H groups in total. The van der Waals surface area contributed by atoms with Crippen molar-refractivity contribution in [1.82, 2.24) is 9.80 Å². The summed E-state index contributed by atoms with van der Waals surface area (Å²) in [6.07, 6.45) is 2.38. The van der Waals surface area contributed by atoms with Crippen LogP contribution in [0.25, 0.3) is 0 Å². The Morgan fingerprint density at radius 2 is 1.79 bits per heavy atom. The van der Waals surface area contributed by atoms with Gasteiger partial charge in [0.05, 0.1) is 0 Å². The van der Waals surface area contributed by atoms with E-state index >= 15 is 0 Å². The van der Waals surface area contributed by atoms with Crippen molar-refractivity contribution in [2.24, 2.45) is 5.73 Å². The van der Waals surface area contributed by atoms with Gasteiger partial charge in [-0.05, 0) is 31.9 Å². The minimum absolute atomic E-state index is 0.683. The molecule has 1 heterocycles. The minimum atomic E-state index is 0.683. The summed E-state index contributed by atoms with van der Waals surface area (Å²) in [5.74, 6) is 0. The average molecular weight is 261 g/mol. The maximum absolute atomic E-state index is 5.59. The predicted molar refractivity (Wildman–Crippen MR) is 81.0 cm³/mol.